The Morgan fingerprint density at radius 2 is 1.88 bits per heavy atom. The highest BCUT2D eigenvalue weighted by atomic mass is 16.6. The first-order chi connectivity index (χ1) is 16.1. The molecule has 3 amide bonds. The summed E-state index contributed by atoms with van der Waals surface area (Å²) in [5.41, 5.74) is 1.02. The van der Waals surface area contributed by atoms with Gasteiger partial charge in [-0.1, -0.05) is 12.1 Å². The van der Waals surface area contributed by atoms with Gasteiger partial charge in [0.15, 0.2) is 0 Å². The summed E-state index contributed by atoms with van der Waals surface area (Å²) in [6.45, 7) is 7.23. The number of nitrogens with one attached hydrogen (secondary N) is 3. The molecule has 10 nitrogen and oxygen atoms in total. The summed E-state index contributed by atoms with van der Waals surface area (Å²) in [4.78, 5) is 39.4. The van der Waals surface area contributed by atoms with E-state index in [0.29, 0.717) is 42.2 Å². The summed E-state index contributed by atoms with van der Waals surface area (Å²) in [5, 5.41) is 8.53. The van der Waals surface area contributed by atoms with E-state index in [-0.39, 0.29) is 6.04 Å². The van der Waals surface area contributed by atoms with Crippen LogP contribution in [-0.2, 0) is 14.3 Å². The largest absolute Gasteiger partial charge is 0.497 e. The highest BCUT2D eigenvalue weighted by molar-refractivity contribution is 5.95. The number of esters is 1. The molecule has 1 atom stereocenters. The molecule has 186 valence electrons. The van der Waals surface area contributed by atoms with Crippen LogP contribution in [0, 0.1) is 0 Å². The Balaban J connectivity index is 1.73. The SMILES string of the molecule is COC(=O)C1=C(CN2CCC(NC(=O)OC(C)(C)C)CC2)NC(=O)N[C@@H]1c1cccc(OC)c1. The summed E-state index contributed by atoms with van der Waals surface area (Å²) in [6.07, 6.45) is 1.03. The fraction of sp³-hybridized carbons (Fsp3) is 0.542. The minimum absolute atomic E-state index is 0.00676. The van der Waals surface area contributed by atoms with Crippen molar-refractivity contribution in [2.45, 2.75) is 51.3 Å². The molecule has 0 aliphatic carbocycles. The number of benzene rings is 1. The predicted octanol–water partition coefficient (Wildman–Crippen LogP) is 2.47. The van der Waals surface area contributed by atoms with Gasteiger partial charge in [0.2, 0.25) is 0 Å². The van der Waals surface area contributed by atoms with Crippen LogP contribution in [0.5, 0.6) is 5.75 Å². The van der Waals surface area contributed by atoms with Gasteiger partial charge in [-0.05, 0) is 51.3 Å². The smallest absolute Gasteiger partial charge is 0.407 e. The number of amides is 3. The van der Waals surface area contributed by atoms with E-state index in [1.165, 1.54) is 7.11 Å². The number of urea groups is 1. The number of hydrogen-bond donors (Lipinski definition) is 3. The quantitative estimate of drug-likeness (QED) is 0.542. The Morgan fingerprint density at radius 1 is 1.18 bits per heavy atom. The Morgan fingerprint density at radius 3 is 2.50 bits per heavy atom. The molecule has 0 aromatic heterocycles. The Labute approximate surface area is 200 Å². The number of rotatable bonds is 6. The van der Waals surface area contributed by atoms with Gasteiger partial charge in [0.05, 0.1) is 25.8 Å². The molecule has 1 aromatic carbocycles. The van der Waals surface area contributed by atoms with E-state index in [9.17, 15) is 14.4 Å². The van der Waals surface area contributed by atoms with Gasteiger partial charge in [-0.25, -0.2) is 14.4 Å². The molecular formula is C24H34N4O6. The maximum Gasteiger partial charge on any atom is 0.407 e. The number of piperidine rings is 1. The van der Waals surface area contributed by atoms with Gasteiger partial charge < -0.3 is 30.2 Å². The van der Waals surface area contributed by atoms with Gasteiger partial charge in [0, 0.05) is 31.4 Å². The monoisotopic (exact) mass is 474 g/mol. The van der Waals surface area contributed by atoms with E-state index < -0.39 is 29.7 Å². The molecule has 1 fully saturated rings. The van der Waals surface area contributed by atoms with Crippen molar-refractivity contribution in [1.29, 1.82) is 0 Å². The number of carbonyl (C=O) groups is 3. The van der Waals surface area contributed by atoms with E-state index in [2.05, 4.69) is 20.9 Å². The minimum atomic E-state index is -0.669. The predicted molar refractivity (Wildman–Crippen MR) is 125 cm³/mol. The van der Waals surface area contributed by atoms with Crippen LogP contribution in [-0.4, -0.2) is 68.5 Å². The Hall–Kier alpha value is -3.27. The first-order valence-corrected chi connectivity index (χ1v) is 11.3. The first-order valence-electron chi connectivity index (χ1n) is 11.3. The molecular weight excluding hydrogens is 440 g/mol. The van der Waals surface area contributed by atoms with Gasteiger partial charge in [-0.15, -0.1) is 0 Å². The van der Waals surface area contributed by atoms with Crippen LogP contribution in [0.25, 0.3) is 0 Å². The number of alkyl carbamates (subject to hydrolysis) is 1. The third-order valence-corrected chi connectivity index (χ3v) is 5.68. The average Bonchev–Trinajstić information content (AvgIpc) is 2.78. The van der Waals surface area contributed by atoms with Crippen molar-refractivity contribution >= 4 is 18.1 Å². The molecule has 34 heavy (non-hydrogen) atoms. The van der Waals surface area contributed by atoms with E-state index in [1.54, 1.807) is 25.3 Å². The molecule has 2 aliphatic heterocycles. The Bertz CT molecular complexity index is 947. The van der Waals surface area contributed by atoms with Crippen LogP contribution in [0.1, 0.15) is 45.2 Å². The van der Waals surface area contributed by atoms with E-state index in [0.717, 1.165) is 12.8 Å². The van der Waals surface area contributed by atoms with Crippen molar-refractivity contribution in [3.63, 3.8) is 0 Å². The van der Waals surface area contributed by atoms with Gasteiger partial charge >= 0.3 is 18.1 Å². The van der Waals surface area contributed by atoms with Gasteiger partial charge in [-0.2, -0.15) is 0 Å². The van der Waals surface area contributed by atoms with Crippen LogP contribution in [0.3, 0.4) is 0 Å². The number of nitrogens with zero attached hydrogens (tertiary/aromatic N) is 1. The van der Waals surface area contributed by atoms with Gasteiger partial charge in [0.1, 0.15) is 11.4 Å². The highest BCUT2D eigenvalue weighted by Crippen LogP contribution is 2.30. The second kappa shape index (κ2) is 10.8. The lowest BCUT2D eigenvalue weighted by Crippen LogP contribution is -2.50. The summed E-state index contributed by atoms with van der Waals surface area (Å²) < 4.78 is 15.7. The maximum absolute atomic E-state index is 12.8. The fourth-order valence-electron chi connectivity index (χ4n) is 4.10. The molecule has 1 aromatic rings. The van der Waals surface area contributed by atoms with Crippen molar-refractivity contribution in [3.8, 4) is 5.75 Å². The van der Waals surface area contributed by atoms with Crippen LogP contribution in [0.4, 0.5) is 9.59 Å². The fourth-order valence-corrected chi connectivity index (χ4v) is 4.10. The molecule has 2 aliphatic rings. The topological polar surface area (TPSA) is 118 Å². The first kappa shape index (κ1) is 25.4. The molecule has 3 rings (SSSR count). The van der Waals surface area contributed by atoms with Crippen LogP contribution in [0.15, 0.2) is 35.5 Å². The van der Waals surface area contributed by atoms with Crippen LogP contribution in [0.2, 0.25) is 0 Å². The molecule has 0 bridgehead atoms. The zero-order valence-corrected chi connectivity index (χ0v) is 20.4. The molecule has 0 unspecified atom stereocenters. The second-order valence-corrected chi connectivity index (χ2v) is 9.39. The third kappa shape index (κ3) is 6.63. The number of hydrogen-bond acceptors (Lipinski definition) is 7. The number of carbonyl (C=O) groups excluding carboxylic acids is 3. The van der Waals surface area contributed by atoms with E-state index in [4.69, 9.17) is 14.2 Å². The standard InChI is InChI=1S/C24H34N4O6/c1-24(2,3)34-23(31)25-16-9-11-28(12-10-16)14-18-19(21(29)33-5)20(27-22(30)26-18)15-7-6-8-17(13-15)32-4/h6-8,13,16,20H,9-12,14H2,1-5H3,(H,25,31)(H2,26,27,30)/t20-/m1/s1. The molecule has 3 N–H and O–H groups in total. The normalized spacial score (nSPS) is 19.7. The zero-order chi connectivity index (χ0) is 24.9. The third-order valence-electron chi connectivity index (χ3n) is 5.68. The second-order valence-electron chi connectivity index (χ2n) is 9.39. The van der Waals surface area contributed by atoms with E-state index >= 15 is 0 Å². The van der Waals surface area contributed by atoms with Crippen molar-refractivity contribution < 1.29 is 28.6 Å². The molecule has 10 heteroatoms. The summed E-state index contributed by atoms with van der Waals surface area (Å²) >= 11 is 0. The summed E-state index contributed by atoms with van der Waals surface area (Å²) in [7, 11) is 2.88. The number of ether oxygens (including phenoxy) is 3. The Kier molecular flexibility index (Phi) is 8.03. The molecule has 0 saturated carbocycles. The summed E-state index contributed by atoms with van der Waals surface area (Å²) in [6, 6.07) is 6.16. The van der Waals surface area contributed by atoms with E-state index in [1.807, 2.05) is 26.8 Å². The zero-order valence-electron chi connectivity index (χ0n) is 20.4. The molecule has 1 saturated heterocycles. The van der Waals surface area contributed by atoms with Crippen molar-refractivity contribution in [2.24, 2.45) is 0 Å². The number of methoxy groups -OCH3 is 2. The number of likely N-dealkylation sites (tertiary alicyclic amines) is 1. The molecule has 0 radical (unpaired) electrons. The van der Waals surface area contributed by atoms with Crippen LogP contribution >= 0.6 is 0 Å². The molecule has 2 heterocycles. The van der Waals surface area contributed by atoms with Crippen molar-refractivity contribution in [1.82, 2.24) is 20.9 Å². The highest BCUT2D eigenvalue weighted by Gasteiger charge is 2.35. The lowest BCUT2D eigenvalue weighted by molar-refractivity contribution is -0.136. The molecule has 0 spiro atoms. The average molecular weight is 475 g/mol. The summed E-state index contributed by atoms with van der Waals surface area (Å²) in [5.74, 6) is 0.104. The van der Waals surface area contributed by atoms with Gasteiger partial charge in [-0.3, -0.25) is 4.90 Å². The van der Waals surface area contributed by atoms with Crippen molar-refractivity contribution in [2.75, 3.05) is 33.9 Å². The lowest BCUT2D eigenvalue weighted by Gasteiger charge is -2.35. The van der Waals surface area contributed by atoms with Gasteiger partial charge in [0.25, 0.3) is 0 Å². The maximum atomic E-state index is 12.8. The minimum Gasteiger partial charge on any atom is -0.497 e. The lowest BCUT2D eigenvalue weighted by atomic mass is 9.94. The van der Waals surface area contributed by atoms with Crippen LogP contribution < -0.4 is 20.7 Å². The van der Waals surface area contributed by atoms with Crippen molar-refractivity contribution in [3.05, 3.63) is 41.1 Å².